The van der Waals surface area contributed by atoms with Crippen LogP contribution in [0.1, 0.15) is 12.3 Å². The van der Waals surface area contributed by atoms with Gasteiger partial charge in [-0.15, -0.1) is 12.4 Å². The standard InChI is InChI=1S/C19H18F2N2O3.ClH/c1-24-14-6-4-13(5-7-14)17-16(23-19(26-17)18(20)21)12-2-8-15(9-3-12)25-11-10-22;/h2-9,18H,10-11,22H2,1H3;1H. The number of nitrogens with zero attached hydrogens (tertiary/aromatic N) is 1. The number of benzene rings is 2. The first-order chi connectivity index (χ1) is 12.6. The lowest BCUT2D eigenvalue weighted by Gasteiger charge is -2.06. The number of hydrogen-bond acceptors (Lipinski definition) is 5. The molecule has 0 radical (unpaired) electrons. The third-order valence-corrected chi connectivity index (χ3v) is 3.70. The molecule has 0 fully saturated rings. The fourth-order valence-electron chi connectivity index (χ4n) is 2.45. The minimum Gasteiger partial charge on any atom is -0.497 e. The van der Waals surface area contributed by atoms with E-state index in [1.165, 1.54) is 0 Å². The van der Waals surface area contributed by atoms with Gasteiger partial charge in [0.25, 0.3) is 5.89 Å². The number of halogens is 3. The normalized spacial score (nSPS) is 10.6. The van der Waals surface area contributed by atoms with Crippen molar-refractivity contribution in [1.82, 2.24) is 4.98 Å². The van der Waals surface area contributed by atoms with Gasteiger partial charge in [0.15, 0.2) is 5.76 Å². The summed E-state index contributed by atoms with van der Waals surface area (Å²) in [5.41, 5.74) is 7.02. The molecule has 2 aromatic carbocycles. The van der Waals surface area contributed by atoms with Crippen LogP contribution in [0.15, 0.2) is 52.9 Å². The van der Waals surface area contributed by atoms with Crippen LogP contribution in [0.5, 0.6) is 11.5 Å². The van der Waals surface area contributed by atoms with E-state index in [9.17, 15) is 8.78 Å². The summed E-state index contributed by atoms with van der Waals surface area (Å²) in [4.78, 5) is 3.98. The van der Waals surface area contributed by atoms with E-state index in [1.807, 2.05) is 0 Å². The molecule has 0 bridgehead atoms. The summed E-state index contributed by atoms with van der Waals surface area (Å²) in [6.45, 7) is 0.806. The molecule has 3 rings (SSSR count). The summed E-state index contributed by atoms with van der Waals surface area (Å²) in [6.07, 6.45) is -2.80. The first kappa shape index (κ1) is 20.7. The van der Waals surface area contributed by atoms with Crippen molar-refractivity contribution in [1.29, 1.82) is 0 Å². The molecule has 0 aliphatic heterocycles. The van der Waals surface area contributed by atoms with Gasteiger partial charge in [-0.3, -0.25) is 0 Å². The van der Waals surface area contributed by atoms with E-state index in [0.717, 1.165) is 0 Å². The summed E-state index contributed by atoms with van der Waals surface area (Å²) >= 11 is 0. The lowest BCUT2D eigenvalue weighted by atomic mass is 10.1. The molecule has 0 saturated heterocycles. The van der Waals surface area contributed by atoms with Gasteiger partial charge in [0.2, 0.25) is 0 Å². The molecule has 27 heavy (non-hydrogen) atoms. The van der Waals surface area contributed by atoms with Gasteiger partial charge < -0.3 is 19.6 Å². The van der Waals surface area contributed by atoms with E-state index in [1.54, 1.807) is 55.6 Å². The van der Waals surface area contributed by atoms with Crippen molar-refractivity contribution in [2.45, 2.75) is 6.43 Å². The van der Waals surface area contributed by atoms with Crippen LogP contribution in [0.25, 0.3) is 22.6 Å². The van der Waals surface area contributed by atoms with Crippen LogP contribution in [0.3, 0.4) is 0 Å². The van der Waals surface area contributed by atoms with Gasteiger partial charge in [0.1, 0.15) is 23.8 Å². The number of rotatable bonds is 7. The smallest absolute Gasteiger partial charge is 0.313 e. The highest BCUT2D eigenvalue weighted by Gasteiger charge is 2.22. The van der Waals surface area contributed by atoms with Crippen molar-refractivity contribution in [3.63, 3.8) is 0 Å². The predicted molar refractivity (Wildman–Crippen MR) is 101 cm³/mol. The second-order valence-electron chi connectivity index (χ2n) is 5.42. The van der Waals surface area contributed by atoms with Crippen LogP contribution in [0, 0.1) is 0 Å². The molecule has 5 nitrogen and oxygen atoms in total. The second kappa shape index (κ2) is 9.34. The Balaban J connectivity index is 0.00000261. The van der Waals surface area contributed by atoms with Crippen LogP contribution in [0.4, 0.5) is 8.78 Å². The molecule has 3 aromatic rings. The van der Waals surface area contributed by atoms with Gasteiger partial charge in [-0.25, -0.2) is 4.98 Å². The monoisotopic (exact) mass is 396 g/mol. The second-order valence-corrected chi connectivity index (χ2v) is 5.42. The van der Waals surface area contributed by atoms with E-state index in [4.69, 9.17) is 19.6 Å². The zero-order chi connectivity index (χ0) is 18.5. The first-order valence-corrected chi connectivity index (χ1v) is 7.99. The third kappa shape index (κ3) is 4.75. The molecule has 1 heterocycles. The van der Waals surface area contributed by atoms with Gasteiger partial charge >= 0.3 is 6.43 Å². The molecule has 0 spiro atoms. The van der Waals surface area contributed by atoms with Gasteiger partial charge in [-0.2, -0.15) is 8.78 Å². The van der Waals surface area contributed by atoms with Gasteiger partial charge in [-0.1, -0.05) is 0 Å². The Bertz CT molecular complexity index is 852. The number of nitrogens with two attached hydrogens (primary N) is 1. The minimum absolute atomic E-state index is 0. The van der Waals surface area contributed by atoms with Gasteiger partial charge in [-0.05, 0) is 48.5 Å². The minimum atomic E-state index is -2.80. The average molecular weight is 397 g/mol. The molecule has 8 heteroatoms. The molecule has 0 unspecified atom stereocenters. The number of oxazole rings is 1. The average Bonchev–Trinajstić information content (AvgIpc) is 3.12. The Morgan fingerprint density at radius 3 is 2.15 bits per heavy atom. The SMILES string of the molecule is COc1ccc(-c2oc(C(F)F)nc2-c2ccc(OCCN)cc2)cc1.Cl. The van der Waals surface area contributed by atoms with Crippen LogP contribution in [-0.2, 0) is 0 Å². The van der Waals surface area contributed by atoms with E-state index in [0.29, 0.717) is 41.5 Å². The molecular formula is C19H19ClF2N2O3. The van der Waals surface area contributed by atoms with E-state index in [2.05, 4.69) is 4.98 Å². The number of hydrogen-bond donors (Lipinski definition) is 1. The molecule has 0 atom stereocenters. The molecule has 0 saturated carbocycles. The first-order valence-electron chi connectivity index (χ1n) is 7.99. The highest BCUT2D eigenvalue weighted by Crippen LogP contribution is 2.36. The van der Waals surface area contributed by atoms with Gasteiger partial charge in [0, 0.05) is 17.7 Å². The summed E-state index contributed by atoms with van der Waals surface area (Å²) in [5.74, 6) is 0.959. The third-order valence-electron chi connectivity index (χ3n) is 3.70. The zero-order valence-corrected chi connectivity index (χ0v) is 15.3. The maximum atomic E-state index is 13.1. The largest absolute Gasteiger partial charge is 0.497 e. The number of alkyl halides is 2. The van der Waals surface area contributed by atoms with E-state index < -0.39 is 12.3 Å². The Labute approximate surface area is 161 Å². The maximum absolute atomic E-state index is 13.1. The lowest BCUT2D eigenvalue weighted by molar-refractivity contribution is 0.116. The molecule has 1 aromatic heterocycles. The maximum Gasteiger partial charge on any atom is 0.313 e. The molecule has 0 aliphatic rings. The molecule has 2 N–H and O–H groups in total. The van der Waals surface area contributed by atoms with Gasteiger partial charge in [0.05, 0.1) is 7.11 Å². The predicted octanol–water partition coefficient (Wildman–Crippen LogP) is 4.71. The fourth-order valence-corrected chi connectivity index (χ4v) is 2.45. The summed E-state index contributed by atoms with van der Waals surface area (Å²) in [6, 6.07) is 13.9. The van der Waals surface area contributed by atoms with E-state index in [-0.39, 0.29) is 18.2 Å². The Kier molecular flexibility index (Phi) is 7.15. The highest BCUT2D eigenvalue weighted by molar-refractivity contribution is 5.85. The van der Waals surface area contributed by atoms with Crippen LogP contribution in [0.2, 0.25) is 0 Å². The van der Waals surface area contributed by atoms with Crippen molar-refractivity contribution in [3.8, 4) is 34.1 Å². The lowest BCUT2D eigenvalue weighted by Crippen LogP contribution is -2.10. The van der Waals surface area contributed by atoms with Crippen LogP contribution < -0.4 is 15.2 Å². The molecule has 144 valence electrons. The number of ether oxygens (including phenoxy) is 2. The zero-order valence-electron chi connectivity index (χ0n) is 14.5. The Morgan fingerprint density at radius 2 is 1.59 bits per heavy atom. The fraction of sp³-hybridized carbons (Fsp3) is 0.211. The van der Waals surface area contributed by atoms with Crippen molar-refractivity contribution in [2.24, 2.45) is 5.73 Å². The van der Waals surface area contributed by atoms with Crippen molar-refractivity contribution in [3.05, 3.63) is 54.4 Å². The topological polar surface area (TPSA) is 70.5 Å². The number of aromatic nitrogens is 1. The molecule has 0 amide bonds. The van der Waals surface area contributed by atoms with Crippen LogP contribution in [-0.4, -0.2) is 25.2 Å². The summed E-state index contributed by atoms with van der Waals surface area (Å²) < 4.78 is 42.1. The highest BCUT2D eigenvalue weighted by atomic mass is 35.5. The summed E-state index contributed by atoms with van der Waals surface area (Å²) in [7, 11) is 1.55. The van der Waals surface area contributed by atoms with Crippen molar-refractivity contribution < 1.29 is 22.7 Å². The molecular weight excluding hydrogens is 378 g/mol. The van der Waals surface area contributed by atoms with Crippen LogP contribution >= 0.6 is 12.4 Å². The summed E-state index contributed by atoms with van der Waals surface area (Å²) in [5, 5.41) is 0. The molecule has 0 aliphatic carbocycles. The number of methoxy groups -OCH3 is 1. The Morgan fingerprint density at radius 1 is 1.00 bits per heavy atom. The van der Waals surface area contributed by atoms with Crippen molar-refractivity contribution >= 4 is 12.4 Å². The Hall–Kier alpha value is -2.64. The van der Waals surface area contributed by atoms with Crippen molar-refractivity contribution in [2.75, 3.05) is 20.3 Å². The van der Waals surface area contributed by atoms with E-state index >= 15 is 0 Å². The quantitative estimate of drug-likeness (QED) is 0.626.